The Morgan fingerprint density at radius 1 is 1.10 bits per heavy atom. The maximum atomic E-state index is 13.8. The van der Waals surface area contributed by atoms with Crippen molar-refractivity contribution in [2.75, 3.05) is 20.3 Å². The number of hydrogen-bond acceptors (Lipinski definition) is 4. The molecule has 2 N–H and O–H groups in total. The number of amides is 2. The van der Waals surface area contributed by atoms with Crippen molar-refractivity contribution in [1.82, 2.24) is 20.4 Å². The van der Waals surface area contributed by atoms with E-state index in [1.807, 2.05) is 0 Å². The number of rotatable bonds is 8. The second-order valence-corrected chi connectivity index (χ2v) is 6.02. The third-order valence-electron chi connectivity index (χ3n) is 3.96. The molecule has 0 aliphatic heterocycles. The number of nitrogens with zero attached hydrogens (tertiary/aromatic N) is 2. The highest BCUT2D eigenvalue weighted by Crippen LogP contribution is 2.17. The van der Waals surface area contributed by atoms with Crippen LogP contribution in [0, 0.1) is 11.6 Å². The molecule has 0 fully saturated rings. The molecule has 2 aromatic carbocycles. The molecule has 1 heterocycles. The highest BCUT2D eigenvalue weighted by molar-refractivity contribution is 5.73. The summed E-state index contributed by atoms with van der Waals surface area (Å²) in [6.45, 7) is 0.827. The molecular weight excluding hydrogens is 382 g/mol. The van der Waals surface area contributed by atoms with E-state index in [0.717, 1.165) is 17.9 Å². The average Bonchev–Trinajstić information content (AvgIpc) is 3.19. The van der Waals surface area contributed by atoms with Crippen LogP contribution in [0.25, 0.3) is 5.69 Å². The molecule has 0 unspecified atom stereocenters. The number of methoxy groups -OCH3 is 1. The first-order valence-electron chi connectivity index (χ1n) is 8.82. The van der Waals surface area contributed by atoms with E-state index in [1.54, 1.807) is 37.6 Å². The van der Waals surface area contributed by atoms with Gasteiger partial charge in [0.25, 0.3) is 0 Å². The van der Waals surface area contributed by atoms with E-state index >= 15 is 0 Å². The second kappa shape index (κ2) is 9.54. The Morgan fingerprint density at radius 3 is 2.59 bits per heavy atom. The molecule has 152 valence electrons. The van der Waals surface area contributed by atoms with Gasteiger partial charge in [0.15, 0.2) is 5.82 Å². The van der Waals surface area contributed by atoms with Gasteiger partial charge in [-0.3, -0.25) is 0 Å². The second-order valence-electron chi connectivity index (χ2n) is 6.02. The Labute approximate surface area is 166 Å². The fourth-order valence-electron chi connectivity index (χ4n) is 2.50. The lowest BCUT2D eigenvalue weighted by Gasteiger charge is -2.09. The SMILES string of the molecule is COc1ccc(OCCNC(=O)NCc2cnn(-c3ccc(F)cc3F)c2)cc1. The molecule has 3 aromatic rings. The monoisotopic (exact) mass is 402 g/mol. The first-order chi connectivity index (χ1) is 14.0. The highest BCUT2D eigenvalue weighted by Gasteiger charge is 2.08. The summed E-state index contributed by atoms with van der Waals surface area (Å²) in [7, 11) is 1.59. The van der Waals surface area contributed by atoms with Crippen molar-refractivity contribution in [1.29, 1.82) is 0 Å². The molecule has 9 heteroatoms. The fourth-order valence-corrected chi connectivity index (χ4v) is 2.50. The van der Waals surface area contributed by atoms with Crippen LogP contribution in [0.5, 0.6) is 11.5 Å². The van der Waals surface area contributed by atoms with Crippen LogP contribution < -0.4 is 20.1 Å². The van der Waals surface area contributed by atoms with Crippen LogP contribution in [-0.2, 0) is 6.54 Å². The van der Waals surface area contributed by atoms with Crippen molar-refractivity contribution < 1.29 is 23.0 Å². The summed E-state index contributed by atoms with van der Waals surface area (Å²) in [6.07, 6.45) is 3.05. The van der Waals surface area contributed by atoms with Gasteiger partial charge in [0.1, 0.15) is 29.6 Å². The van der Waals surface area contributed by atoms with Crippen molar-refractivity contribution in [3.05, 3.63) is 72.1 Å². The van der Waals surface area contributed by atoms with Crippen LogP contribution in [0.1, 0.15) is 5.56 Å². The molecular formula is C20H20F2N4O3. The number of urea groups is 1. The number of nitrogens with one attached hydrogen (secondary N) is 2. The highest BCUT2D eigenvalue weighted by atomic mass is 19.1. The van der Waals surface area contributed by atoms with Gasteiger partial charge in [0, 0.05) is 24.4 Å². The molecule has 0 saturated heterocycles. The first-order valence-corrected chi connectivity index (χ1v) is 8.82. The van der Waals surface area contributed by atoms with Gasteiger partial charge in [-0.2, -0.15) is 5.10 Å². The van der Waals surface area contributed by atoms with E-state index in [0.29, 0.717) is 24.5 Å². The Hall–Kier alpha value is -3.62. The Morgan fingerprint density at radius 2 is 1.86 bits per heavy atom. The largest absolute Gasteiger partial charge is 0.497 e. The van der Waals surface area contributed by atoms with E-state index in [-0.39, 0.29) is 18.3 Å². The lowest BCUT2D eigenvalue weighted by Crippen LogP contribution is -2.37. The first kappa shape index (κ1) is 20.1. The minimum atomic E-state index is -0.720. The minimum Gasteiger partial charge on any atom is -0.497 e. The Kier molecular flexibility index (Phi) is 6.62. The summed E-state index contributed by atoms with van der Waals surface area (Å²) < 4.78 is 38.7. The fraction of sp³-hybridized carbons (Fsp3) is 0.200. The maximum absolute atomic E-state index is 13.8. The molecule has 7 nitrogen and oxygen atoms in total. The Bertz CT molecular complexity index is 961. The molecule has 0 aliphatic carbocycles. The van der Waals surface area contributed by atoms with Gasteiger partial charge in [-0.15, -0.1) is 0 Å². The molecule has 0 radical (unpaired) electrons. The number of halogens is 2. The molecule has 3 rings (SSSR count). The van der Waals surface area contributed by atoms with Gasteiger partial charge in [0.2, 0.25) is 0 Å². The molecule has 0 bridgehead atoms. The topological polar surface area (TPSA) is 77.4 Å². The van der Waals surface area contributed by atoms with Crippen LogP contribution in [0.4, 0.5) is 13.6 Å². The van der Waals surface area contributed by atoms with Crippen LogP contribution in [0.3, 0.4) is 0 Å². The predicted molar refractivity (Wildman–Crippen MR) is 102 cm³/mol. The molecule has 29 heavy (non-hydrogen) atoms. The number of hydrogen-bond donors (Lipinski definition) is 2. The molecule has 0 spiro atoms. The van der Waals surface area contributed by atoms with Gasteiger partial charge in [0.05, 0.1) is 19.9 Å². The van der Waals surface area contributed by atoms with Crippen LogP contribution in [0.2, 0.25) is 0 Å². The van der Waals surface area contributed by atoms with E-state index < -0.39 is 11.6 Å². The van der Waals surface area contributed by atoms with Gasteiger partial charge in [-0.1, -0.05) is 0 Å². The van der Waals surface area contributed by atoms with Crippen molar-refractivity contribution in [2.45, 2.75) is 6.54 Å². The summed E-state index contributed by atoms with van der Waals surface area (Å²) in [5.74, 6) is 0.0314. The summed E-state index contributed by atoms with van der Waals surface area (Å²) in [4.78, 5) is 11.9. The third kappa shape index (κ3) is 5.68. The van der Waals surface area contributed by atoms with E-state index in [9.17, 15) is 13.6 Å². The normalized spacial score (nSPS) is 10.4. The lowest BCUT2D eigenvalue weighted by atomic mass is 10.3. The van der Waals surface area contributed by atoms with Gasteiger partial charge < -0.3 is 20.1 Å². The third-order valence-corrected chi connectivity index (χ3v) is 3.96. The van der Waals surface area contributed by atoms with Crippen molar-refractivity contribution in [2.24, 2.45) is 0 Å². The van der Waals surface area contributed by atoms with E-state index in [4.69, 9.17) is 9.47 Å². The molecule has 0 saturated carbocycles. The summed E-state index contributed by atoms with van der Waals surface area (Å²) >= 11 is 0. The maximum Gasteiger partial charge on any atom is 0.315 e. The number of aromatic nitrogens is 2. The van der Waals surface area contributed by atoms with Crippen LogP contribution >= 0.6 is 0 Å². The molecule has 0 aliphatic rings. The van der Waals surface area contributed by atoms with Gasteiger partial charge >= 0.3 is 6.03 Å². The zero-order valence-corrected chi connectivity index (χ0v) is 15.7. The van der Waals surface area contributed by atoms with Crippen molar-refractivity contribution in [3.63, 3.8) is 0 Å². The smallest absolute Gasteiger partial charge is 0.315 e. The van der Waals surface area contributed by atoms with Crippen LogP contribution in [-0.4, -0.2) is 36.1 Å². The molecule has 1 aromatic heterocycles. The predicted octanol–water partition coefficient (Wildman–Crippen LogP) is 3.04. The van der Waals surface area contributed by atoms with Gasteiger partial charge in [-0.25, -0.2) is 18.3 Å². The lowest BCUT2D eigenvalue weighted by molar-refractivity contribution is 0.236. The summed E-state index contributed by atoms with van der Waals surface area (Å²) in [6, 6.07) is 9.99. The number of ether oxygens (including phenoxy) is 2. The van der Waals surface area contributed by atoms with Gasteiger partial charge in [-0.05, 0) is 36.4 Å². The molecule has 2 amide bonds. The number of carbonyl (C=O) groups is 1. The minimum absolute atomic E-state index is 0.123. The van der Waals surface area contributed by atoms with E-state index in [1.165, 1.54) is 16.9 Å². The Balaban J connectivity index is 1.40. The van der Waals surface area contributed by atoms with Crippen LogP contribution in [0.15, 0.2) is 54.9 Å². The zero-order valence-electron chi connectivity index (χ0n) is 15.7. The summed E-state index contributed by atoms with van der Waals surface area (Å²) in [5.41, 5.74) is 0.788. The number of benzene rings is 2. The van der Waals surface area contributed by atoms with E-state index in [2.05, 4.69) is 15.7 Å². The zero-order chi connectivity index (χ0) is 20.6. The number of carbonyl (C=O) groups excluding carboxylic acids is 1. The average molecular weight is 402 g/mol. The quantitative estimate of drug-likeness (QED) is 0.568. The van der Waals surface area contributed by atoms with Crippen molar-refractivity contribution in [3.8, 4) is 17.2 Å². The molecule has 0 atom stereocenters. The van der Waals surface area contributed by atoms with Crippen molar-refractivity contribution >= 4 is 6.03 Å². The summed E-state index contributed by atoms with van der Waals surface area (Å²) in [5, 5.41) is 9.37. The standard InChI is InChI=1S/C20H20F2N4O3/c1-28-16-3-5-17(6-4-16)29-9-8-23-20(27)24-11-14-12-25-26(13-14)19-7-2-15(21)10-18(19)22/h2-7,10,12-13H,8-9,11H2,1H3,(H2,23,24,27).